The van der Waals surface area contributed by atoms with E-state index in [0.717, 1.165) is 5.56 Å². The number of rotatable bonds is 7. The zero-order valence-corrected chi connectivity index (χ0v) is 20.2. The Morgan fingerprint density at radius 1 is 0.886 bits per heavy atom. The standard InChI is InChI=1S/C27H28BF2NO4/c1-26(2)27(3,4)35-28(34-26)20-11-13-23(29)22(14-20)25(32)31-21-12-10-19(24(30)15-21)17-33-16-18-8-6-5-7-9-18/h5-15H,16-17H2,1-4H3,(H,31,32). The van der Waals surface area contributed by atoms with Crippen molar-refractivity contribution in [2.75, 3.05) is 5.32 Å². The highest BCUT2D eigenvalue weighted by atomic mass is 19.1. The van der Waals surface area contributed by atoms with Crippen LogP contribution in [0, 0.1) is 11.6 Å². The number of hydrogen-bond acceptors (Lipinski definition) is 4. The fourth-order valence-electron chi connectivity index (χ4n) is 3.64. The lowest BCUT2D eigenvalue weighted by atomic mass is 9.78. The van der Waals surface area contributed by atoms with E-state index in [2.05, 4.69) is 5.32 Å². The highest BCUT2D eigenvalue weighted by Gasteiger charge is 2.51. The summed E-state index contributed by atoms with van der Waals surface area (Å²) in [4.78, 5) is 12.8. The minimum Gasteiger partial charge on any atom is -0.399 e. The van der Waals surface area contributed by atoms with Gasteiger partial charge in [0.15, 0.2) is 0 Å². The molecule has 0 unspecified atom stereocenters. The number of hydrogen-bond donors (Lipinski definition) is 1. The fraction of sp³-hybridized carbons (Fsp3) is 0.296. The van der Waals surface area contributed by atoms with Gasteiger partial charge in [-0.05, 0) is 63.0 Å². The molecule has 1 heterocycles. The molecule has 0 atom stereocenters. The van der Waals surface area contributed by atoms with Gasteiger partial charge in [-0.15, -0.1) is 0 Å². The van der Waals surface area contributed by atoms with E-state index in [4.69, 9.17) is 14.0 Å². The number of amides is 1. The highest BCUT2D eigenvalue weighted by molar-refractivity contribution is 6.62. The van der Waals surface area contributed by atoms with Crippen LogP contribution in [0.4, 0.5) is 14.5 Å². The lowest BCUT2D eigenvalue weighted by molar-refractivity contribution is 0.00578. The van der Waals surface area contributed by atoms with Crippen molar-refractivity contribution in [1.82, 2.24) is 0 Å². The molecule has 182 valence electrons. The minimum atomic E-state index is -0.736. The molecule has 0 spiro atoms. The van der Waals surface area contributed by atoms with E-state index in [1.165, 1.54) is 30.3 Å². The van der Waals surface area contributed by atoms with Gasteiger partial charge in [0.25, 0.3) is 5.91 Å². The summed E-state index contributed by atoms with van der Waals surface area (Å²) in [5, 5.41) is 2.56. The zero-order chi connectivity index (χ0) is 25.2. The van der Waals surface area contributed by atoms with Crippen LogP contribution in [-0.2, 0) is 27.3 Å². The summed E-state index contributed by atoms with van der Waals surface area (Å²) in [6.07, 6.45) is 0. The molecule has 0 bridgehead atoms. The lowest BCUT2D eigenvalue weighted by Crippen LogP contribution is -2.41. The van der Waals surface area contributed by atoms with E-state index >= 15 is 0 Å². The Kier molecular flexibility index (Phi) is 7.08. The van der Waals surface area contributed by atoms with Crippen LogP contribution in [0.25, 0.3) is 0 Å². The van der Waals surface area contributed by atoms with E-state index < -0.39 is 35.9 Å². The summed E-state index contributed by atoms with van der Waals surface area (Å²) < 4.78 is 46.7. The number of anilines is 1. The summed E-state index contributed by atoms with van der Waals surface area (Å²) in [6.45, 7) is 8.09. The summed E-state index contributed by atoms with van der Waals surface area (Å²) in [5.74, 6) is -1.93. The highest BCUT2D eigenvalue weighted by Crippen LogP contribution is 2.36. The second-order valence-electron chi connectivity index (χ2n) is 9.57. The molecular formula is C27H28BF2NO4. The Morgan fingerprint density at radius 3 is 2.23 bits per heavy atom. The van der Waals surface area contributed by atoms with Gasteiger partial charge in [-0.25, -0.2) is 8.78 Å². The summed E-state index contributed by atoms with van der Waals surface area (Å²) in [5.41, 5.74) is 0.742. The first-order chi connectivity index (χ1) is 16.6. The van der Waals surface area contributed by atoms with Gasteiger partial charge in [-0.3, -0.25) is 4.79 Å². The first-order valence-corrected chi connectivity index (χ1v) is 11.4. The van der Waals surface area contributed by atoms with Crippen LogP contribution in [0.15, 0.2) is 66.7 Å². The quantitative estimate of drug-likeness (QED) is 0.472. The molecule has 1 amide bonds. The number of ether oxygens (including phenoxy) is 1. The number of carbonyl (C=O) groups is 1. The second-order valence-corrected chi connectivity index (χ2v) is 9.57. The first-order valence-electron chi connectivity index (χ1n) is 11.4. The average Bonchev–Trinajstić information content (AvgIpc) is 3.03. The van der Waals surface area contributed by atoms with Gasteiger partial charge in [0.2, 0.25) is 0 Å². The third-order valence-electron chi connectivity index (χ3n) is 6.44. The number of nitrogens with one attached hydrogen (secondary N) is 1. The van der Waals surface area contributed by atoms with Crippen molar-refractivity contribution < 1.29 is 27.6 Å². The summed E-state index contributed by atoms with van der Waals surface area (Å²) >= 11 is 0. The molecule has 35 heavy (non-hydrogen) atoms. The molecule has 8 heteroatoms. The minimum absolute atomic E-state index is 0.0830. The molecule has 3 aromatic rings. The summed E-state index contributed by atoms with van der Waals surface area (Å²) in [6, 6.07) is 18.0. The smallest absolute Gasteiger partial charge is 0.399 e. The predicted octanol–water partition coefficient (Wildman–Crippen LogP) is 5.23. The second kappa shape index (κ2) is 9.89. The van der Waals surface area contributed by atoms with E-state index in [1.807, 2.05) is 58.0 Å². The van der Waals surface area contributed by atoms with Gasteiger partial charge in [-0.2, -0.15) is 0 Å². The van der Waals surface area contributed by atoms with Crippen LogP contribution in [0.2, 0.25) is 0 Å². The zero-order valence-electron chi connectivity index (χ0n) is 20.2. The van der Waals surface area contributed by atoms with Crippen LogP contribution < -0.4 is 10.8 Å². The molecule has 1 saturated heterocycles. The molecule has 3 aromatic carbocycles. The van der Waals surface area contributed by atoms with Crippen molar-refractivity contribution >= 4 is 24.2 Å². The SMILES string of the molecule is CC1(C)OB(c2ccc(F)c(C(=O)Nc3ccc(COCc4ccccc4)c(F)c3)c2)OC1(C)C. The van der Waals surface area contributed by atoms with Crippen molar-refractivity contribution in [3.63, 3.8) is 0 Å². The maximum atomic E-state index is 14.6. The topological polar surface area (TPSA) is 56.8 Å². The van der Waals surface area contributed by atoms with Crippen molar-refractivity contribution in [3.05, 3.63) is 95.1 Å². The number of benzene rings is 3. The Hall–Kier alpha value is -3.07. The third-order valence-corrected chi connectivity index (χ3v) is 6.44. The van der Waals surface area contributed by atoms with Crippen molar-refractivity contribution in [2.45, 2.75) is 52.1 Å². The Balaban J connectivity index is 1.42. The molecule has 5 nitrogen and oxygen atoms in total. The first kappa shape index (κ1) is 25.0. The van der Waals surface area contributed by atoms with Gasteiger partial charge in [0, 0.05) is 11.3 Å². The lowest BCUT2D eigenvalue weighted by Gasteiger charge is -2.32. The average molecular weight is 479 g/mol. The van der Waals surface area contributed by atoms with E-state index in [1.54, 1.807) is 6.07 Å². The Morgan fingerprint density at radius 2 is 1.57 bits per heavy atom. The van der Waals surface area contributed by atoms with Gasteiger partial charge in [0.05, 0.1) is 30.0 Å². The Bertz CT molecular complexity index is 1200. The van der Waals surface area contributed by atoms with Gasteiger partial charge >= 0.3 is 7.12 Å². The summed E-state index contributed by atoms with van der Waals surface area (Å²) in [7, 11) is -0.736. The maximum Gasteiger partial charge on any atom is 0.494 e. The number of halogens is 2. The third kappa shape index (κ3) is 5.61. The number of carbonyl (C=O) groups excluding carboxylic acids is 1. The van der Waals surface area contributed by atoms with E-state index in [-0.39, 0.29) is 17.9 Å². The normalized spacial score (nSPS) is 16.3. The van der Waals surface area contributed by atoms with Gasteiger partial charge in [0.1, 0.15) is 11.6 Å². The molecular weight excluding hydrogens is 451 g/mol. The van der Waals surface area contributed by atoms with E-state index in [9.17, 15) is 13.6 Å². The van der Waals surface area contributed by atoms with Crippen molar-refractivity contribution in [2.24, 2.45) is 0 Å². The van der Waals surface area contributed by atoms with Crippen LogP contribution in [0.1, 0.15) is 49.2 Å². The molecule has 1 N–H and O–H groups in total. The van der Waals surface area contributed by atoms with Crippen LogP contribution in [-0.4, -0.2) is 24.2 Å². The van der Waals surface area contributed by atoms with Crippen LogP contribution >= 0.6 is 0 Å². The van der Waals surface area contributed by atoms with Gasteiger partial charge in [-0.1, -0.05) is 42.5 Å². The van der Waals surface area contributed by atoms with Crippen LogP contribution in [0.5, 0.6) is 0 Å². The van der Waals surface area contributed by atoms with Crippen molar-refractivity contribution in [1.29, 1.82) is 0 Å². The molecule has 0 aliphatic carbocycles. The molecule has 1 aliphatic rings. The van der Waals surface area contributed by atoms with Crippen LogP contribution in [0.3, 0.4) is 0 Å². The fourth-order valence-corrected chi connectivity index (χ4v) is 3.64. The Labute approximate surface area is 204 Å². The largest absolute Gasteiger partial charge is 0.494 e. The molecule has 1 fully saturated rings. The molecule has 4 rings (SSSR count). The van der Waals surface area contributed by atoms with Gasteiger partial charge < -0.3 is 19.4 Å². The van der Waals surface area contributed by atoms with E-state index in [0.29, 0.717) is 17.6 Å². The predicted molar refractivity (Wildman–Crippen MR) is 131 cm³/mol. The molecule has 0 radical (unpaired) electrons. The maximum absolute atomic E-state index is 14.6. The monoisotopic (exact) mass is 479 g/mol. The molecule has 0 saturated carbocycles. The molecule has 0 aromatic heterocycles. The van der Waals surface area contributed by atoms with Crippen molar-refractivity contribution in [3.8, 4) is 0 Å². The molecule has 1 aliphatic heterocycles.